The first-order valence-corrected chi connectivity index (χ1v) is 5.22. The number of thiophene rings is 1. The van der Waals surface area contributed by atoms with Gasteiger partial charge < -0.3 is 4.42 Å². The molecule has 2 rings (SSSR count). The minimum Gasteiger partial charge on any atom is -0.444 e. The first-order chi connectivity index (χ1) is 6.29. The van der Waals surface area contributed by atoms with Gasteiger partial charge in [0.25, 0.3) is 0 Å². The molecule has 0 aliphatic heterocycles. The molecule has 0 spiro atoms. The number of nitrogens with zero attached hydrogens (tertiary/aromatic N) is 1. The summed E-state index contributed by atoms with van der Waals surface area (Å²) in [6.07, 6.45) is 1.59. The highest BCUT2D eigenvalue weighted by Gasteiger charge is 2.07. The summed E-state index contributed by atoms with van der Waals surface area (Å²) in [5, 5.41) is 0. The lowest BCUT2D eigenvalue weighted by molar-refractivity contribution is 0.575. The van der Waals surface area contributed by atoms with Crippen molar-refractivity contribution in [2.45, 2.75) is 12.8 Å². The fourth-order valence-corrected chi connectivity index (χ4v) is 1.95. The summed E-state index contributed by atoms with van der Waals surface area (Å²) in [5.74, 6) is 1.06. The lowest BCUT2D eigenvalue weighted by atomic mass is 10.4. The zero-order valence-corrected chi connectivity index (χ0v) is 8.65. The van der Waals surface area contributed by atoms with Gasteiger partial charge >= 0.3 is 0 Å². The van der Waals surface area contributed by atoms with Gasteiger partial charge in [0.1, 0.15) is 6.26 Å². The topological polar surface area (TPSA) is 26.0 Å². The van der Waals surface area contributed by atoms with Crippen molar-refractivity contribution in [1.82, 2.24) is 4.98 Å². The molecule has 0 aliphatic rings. The Bertz CT molecular complexity index is 407. The molecule has 68 valence electrons. The van der Waals surface area contributed by atoms with Crippen LogP contribution < -0.4 is 0 Å². The van der Waals surface area contributed by atoms with Crippen molar-refractivity contribution in [1.29, 1.82) is 0 Å². The quantitative estimate of drug-likeness (QED) is 0.715. The van der Waals surface area contributed by atoms with Crippen LogP contribution in [0.2, 0.25) is 0 Å². The van der Waals surface area contributed by atoms with E-state index >= 15 is 0 Å². The normalized spacial score (nSPS) is 10.6. The van der Waals surface area contributed by atoms with Gasteiger partial charge in [-0.25, -0.2) is 4.98 Å². The fraction of sp³-hybridized carbons (Fsp3) is 0.222. The van der Waals surface area contributed by atoms with Gasteiger partial charge in [-0.2, -0.15) is 0 Å². The molecule has 2 aromatic heterocycles. The van der Waals surface area contributed by atoms with Crippen LogP contribution in [0.25, 0.3) is 10.8 Å². The summed E-state index contributed by atoms with van der Waals surface area (Å²) in [5.41, 5.74) is 0.780. The molecule has 0 saturated heterocycles. The monoisotopic (exact) mass is 213 g/mol. The summed E-state index contributed by atoms with van der Waals surface area (Å²) < 4.78 is 5.27. The fourth-order valence-electron chi connectivity index (χ4n) is 1.03. The third kappa shape index (κ3) is 1.76. The number of aryl methyl sites for hydroxylation is 1. The Morgan fingerprint density at radius 1 is 1.54 bits per heavy atom. The molecule has 0 aliphatic carbocycles. The average molecular weight is 214 g/mol. The molecule has 2 heterocycles. The molecular weight excluding hydrogens is 206 g/mol. The van der Waals surface area contributed by atoms with Gasteiger partial charge in [-0.1, -0.05) is 0 Å². The van der Waals surface area contributed by atoms with Crippen LogP contribution in [-0.4, -0.2) is 4.98 Å². The summed E-state index contributed by atoms with van der Waals surface area (Å²) in [6.45, 7) is 2.06. The van der Waals surface area contributed by atoms with Crippen LogP contribution in [0.1, 0.15) is 10.6 Å². The number of hydrogen-bond donors (Lipinski definition) is 0. The molecule has 2 aromatic rings. The standard InChI is InChI=1S/C9H8ClNOS/c1-6-2-3-8(13-6)9-11-7(4-10)5-12-9/h2-3,5H,4H2,1H3. The van der Waals surface area contributed by atoms with Gasteiger partial charge in [0.05, 0.1) is 16.5 Å². The van der Waals surface area contributed by atoms with Crippen LogP contribution in [0.15, 0.2) is 22.8 Å². The molecular formula is C9H8ClNOS. The highest BCUT2D eigenvalue weighted by Crippen LogP contribution is 2.26. The zero-order valence-electron chi connectivity index (χ0n) is 7.08. The van der Waals surface area contributed by atoms with E-state index in [-0.39, 0.29) is 0 Å². The Labute approximate surface area is 85.2 Å². The van der Waals surface area contributed by atoms with Gasteiger partial charge in [-0.3, -0.25) is 0 Å². The lowest BCUT2D eigenvalue weighted by Crippen LogP contribution is -1.75. The van der Waals surface area contributed by atoms with E-state index in [1.165, 1.54) is 4.88 Å². The molecule has 0 radical (unpaired) electrons. The number of alkyl halides is 1. The zero-order chi connectivity index (χ0) is 9.26. The average Bonchev–Trinajstić information content (AvgIpc) is 2.71. The second-order valence-corrected chi connectivity index (χ2v) is 4.24. The maximum atomic E-state index is 5.61. The van der Waals surface area contributed by atoms with Crippen molar-refractivity contribution in [3.05, 3.63) is 29.0 Å². The Morgan fingerprint density at radius 2 is 2.38 bits per heavy atom. The van der Waals surface area contributed by atoms with E-state index in [0.717, 1.165) is 10.6 Å². The predicted molar refractivity (Wildman–Crippen MR) is 54.1 cm³/mol. The Morgan fingerprint density at radius 3 is 2.92 bits per heavy atom. The number of aromatic nitrogens is 1. The summed E-state index contributed by atoms with van der Waals surface area (Å²) in [6, 6.07) is 4.05. The van der Waals surface area contributed by atoms with Crippen molar-refractivity contribution < 1.29 is 4.42 Å². The molecule has 0 amide bonds. The first kappa shape index (κ1) is 8.78. The Hall–Kier alpha value is -0.800. The number of hydrogen-bond acceptors (Lipinski definition) is 3. The van der Waals surface area contributed by atoms with Crippen LogP contribution in [0.5, 0.6) is 0 Å². The molecule has 0 saturated carbocycles. The second-order valence-electron chi connectivity index (χ2n) is 2.69. The van der Waals surface area contributed by atoms with Gasteiger partial charge in [-0.05, 0) is 19.1 Å². The summed E-state index contributed by atoms with van der Waals surface area (Å²) in [7, 11) is 0. The number of oxazole rings is 1. The molecule has 0 aromatic carbocycles. The van der Waals surface area contributed by atoms with E-state index in [1.54, 1.807) is 17.6 Å². The van der Waals surface area contributed by atoms with E-state index in [2.05, 4.69) is 11.9 Å². The van der Waals surface area contributed by atoms with Gasteiger partial charge in [0.15, 0.2) is 0 Å². The van der Waals surface area contributed by atoms with E-state index in [0.29, 0.717) is 11.8 Å². The minimum atomic E-state index is 0.397. The van der Waals surface area contributed by atoms with Gasteiger partial charge in [-0.15, -0.1) is 22.9 Å². The summed E-state index contributed by atoms with van der Waals surface area (Å²) in [4.78, 5) is 6.52. The van der Waals surface area contributed by atoms with Crippen molar-refractivity contribution >= 4 is 22.9 Å². The number of halogens is 1. The van der Waals surface area contributed by atoms with Crippen LogP contribution >= 0.6 is 22.9 Å². The predicted octanol–water partition coefficient (Wildman–Crippen LogP) is 3.45. The van der Waals surface area contributed by atoms with E-state index in [1.807, 2.05) is 12.1 Å². The van der Waals surface area contributed by atoms with Crippen LogP contribution in [0.3, 0.4) is 0 Å². The van der Waals surface area contributed by atoms with Crippen molar-refractivity contribution in [2.24, 2.45) is 0 Å². The van der Waals surface area contributed by atoms with Crippen molar-refractivity contribution in [3.63, 3.8) is 0 Å². The third-order valence-corrected chi connectivity index (χ3v) is 2.90. The molecule has 4 heteroatoms. The van der Waals surface area contributed by atoms with Crippen LogP contribution in [-0.2, 0) is 5.88 Å². The maximum Gasteiger partial charge on any atom is 0.236 e. The molecule has 0 fully saturated rings. The lowest BCUT2D eigenvalue weighted by Gasteiger charge is -1.85. The third-order valence-electron chi connectivity index (χ3n) is 1.64. The molecule has 2 nitrogen and oxygen atoms in total. The molecule has 0 atom stereocenters. The molecule has 13 heavy (non-hydrogen) atoms. The number of rotatable bonds is 2. The van der Waals surface area contributed by atoms with E-state index < -0.39 is 0 Å². The Balaban J connectivity index is 2.35. The van der Waals surface area contributed by atoms with Gasteiger partial charge in [0, 0.05) is 4.88 Å². The van der Waals surface area contributed by atoms with E-state index in [4.69, 9.17) is 16.0 Å². The highest BCUT2D eigenvalue weighted by atomic mass is 35.5. The van der Waals surface area contributed by atoms with E-state index in [9.17, 15) is 0 Å². The largest absolute Gasteiger partial charge is 0.444 e. The molecule has 0 bridgehead atoms. The first-order valence-electron chi connectivity index (χ1n) is 3.87. The molecule has 0 N–H and O–H groups in total. The van der Waals surface area contributed by atoms with Crippen LogP contribution in [0, 0.1) is 6.92 Å². The SMILES string of the molecule is Cc1ccc(-c2nc(CCl)co2)s1. The highest BCUT2D eigenvalue weighted by molar-refractivity contribution is 7.15. The summed E-state index contributed by atoms with van der Waals surface area (Å²) >= 11 is 7.28. The van der Waals surface area contributed by atoms with Crippen LogP contribution in [0.4, 0.5) is 0 Å². The molecule has 0 unspecified atom stereocenters. The Kier molecular flexibility index (Phi) is 2.38. The van der Waals surface area contributed by atoms with Crippen molar-refractivity contribution in [3.8, 4) is 10.8 Å². The van der Waals surface area contributed by atoms with Crippen molar-refractivity contribution in [2.75, 3.05) is 0 Å². The maximum absolute atomic E-state index is 5.61. The smallest absolute Gasteiger partial charge is 0.236 e. The van der Waals surface area contributed by atoms with Gasteiger partial charge in [0.2, 0.25) is 5.89 Å². The second kappa shape index (κ2) is 3.52. The minimum absolute atomic E-state index is 0.397.